The van der Waals surface area contributed by atoms with Crippen LogP contribution < -0.4 is 15.4 Å². The number of phenols is 1. The molecule has 5 N–H and O–H groups in total. The molecule has 9 atom stereocenters. The highest BCUT2D eigenvalue weighted by atomic mass is 31.2. The molecule has 66 heavy (non-hydrogen) atoms. The van der Waals surface area contributed by atoms with Gasteiger partial charge in [-0.05, 0) is 33.8 Å². The van der Waals surface area contributed by atoms with Crippen LogP contribution in [0.5, 0.6) is 11.5 Å². The number of benzene rings is 1. The Balaban J connectivity index is 1.47. The lowest BCUT2D eigenvalue weighted by atomic mass is 9.78. The van der Waals surface area contributed by atoms with Crippen LogP contribution in [-0.4, -0.2) is 125 Å². The number of aliphatic hydroxyl groups excluding tert-OH is 2. The van der Waals surface area contributed by atoms with E-state index in [4.69, 9.17) is 33.0 Å². The zero-order chi connectivity index (χ0) is 48.6. The molecular formula is C47H65N4O14P. The number of Topliss-reactive ketones (excluding diaryl/α,β-unsaturated/α-hetero) is 2. The number of ketones is 2. The summed E-state index contributed by atoms with van der Waals surface area (Å²) in [4.78, 5) is 63.1. The van der Waals surface area contributed by atoms with Gasteiger partial charge >= 0.3 is 19.4 Å². The van der Waals surface area contributed by atoms with Crippen molar-refractivity contribution in [1.29, 1.82) is 0 Å². The molecule has 0 radical (unpaired) electrons. The first-order valence-electron chi connectivity index (χ1n) is 22.5. The molecule has 1 amide bonds. The Kier molecular flexibility index (Phi) is 15.3. The number of phenolic OH excluding ortho intramolecular Hbond substituents is 1. The van der Waals surface area contributed by atoms with Crippen LogP contribution in [0, 0.1) is 30.6 Å². The zero-order valence-electron chi connectivity index (χ0n) is 39.6. The lowest BCUT2D eigenvalue weighted by molar-refractivity contribution is -0.160. The monoisotopic (exact) mass is 940 g/mol. The second kappa shape index (κ2) is 19.9. The fourth-order valence-corrected chi connectivity index (χ4v) is 11.3. The number of esters is 1. The van der Waals surface area contributed by atoms with Gasteiger partial charge < -0.3 is 53.9 Å². The number of hydrogen-bond donors (Lipinski definition) is 5. The van der Waals surface area contributed by atoms with Crippen LogP contribution in [0.2, 0.25) is 0 Å². The first kappa shape index (κ1) is 50.7. The number of nitrogens with one attached hydrogen (secondary N) is 2. The minimum absolute atomic E-state index is 0.0167. The Morgan fingerprint density at radius 2 is 1.61 bits per heavy atom. The van der Waals surface area contributed by atoms with Crippen LogP contribution in [0.4, 0.5) is 0 Å². The van der Waals surface area contributed by atoms with Crippen molar-refractivity contribution >= 4 is 36.8 Å². The predicted molar refractivity (Wildman–Crippen MR) is 243 cm³/mol. The molecule has 1 spiro atoms. The predicted octanol–water partition coefficient (Wildman–Crippen LogP) is 5.18. The first-order valence-corrected chi connectivity index (χ1v) is 24.3. The first-order chi connectivity index (χ1) is 31.1. The number of fused-ring (bicyclic) bond motifs is 13. The topological polar surface area (TPSA) is 241 Å². The maximum Gasteiger partial charge on any atom is 0.344 e. The van der Waals surface area contributed by atoms with Gasteiger partial charge in [-0.1, -0.05) is 45.9 Å². The molecule has 7 rings (SSSR count). The molecule has 1 aliphatic carbocycles. The van der Waals surface area contributed by atoms with E-state index < -0.39 is 96.3 Å². The summed E-state index contributed by atoms with van der Waals surface area (Å²) in [5.74, 6) is -7.72. The molecule has 1 aromatic rings. The highest BCUT2D eigenvalue weighted by Crippen LogP contribution is 2.52. The van der Waals surface area contributed by atoms with Gasteiger partial charge in [0, 0.05) is 87.3 Å². The quantitative estimate of drug-likeness (QED) is 0.167. The smallest absolute Gasteiger partial charge is 0.344 e. The number of aromatic hydroxyl groups is 1. The van der Waals surface area contributed by atoms with Crippen molar-refractivity contribution < 1.29 is 67.1 Å². The summed E-state index contributed by atoms with van der Waals surface area (Å²) in [6.45, 7) is 17.3. The third kappa shape index (κ3) is 9.69. The third-order valence-corrected chi connectivity index (χ3v) is 15.4. The molecule has 0 unspecified atom stereocenters. The molecule has 1 saturated heterocycles. The van der Waals surface area contributed by atoms with Gasteiger partial charge in [-0.2, -0.15) is 0 Å². The van der Waals surface area contributed by atoms with Crippen LogP contribution in [0.15, 0.2) is 52.5 Å². The molecule has 5 aliphatic heterocycles. The summed E-state index contributed by atoms with van der Waals surface area (Å²) in [6, 6.07) is 0. The SMILES string of the molecule is CCOP(=O)(CN1CCC2(CC1)N=C1C(=C3NC(=O)/C(C)=C\C=C\[C@H](C)[C@H](O)[C@@H](C)[C@@H](O)[C@@H](C)[C@H](OC(C)=O)[C@H](C)[C@@H](OC)/C=C/O[C@@]4(C)Oc5c(C)c(O)c(c1c5C4=O)C3=O)N2)OCC. The van der Waals surface area contributed by atoms with E-state index in [1.165, 1.54) is 46.3 Å². The largest absolute Gasteiger partial charge is 0.507 e. The average molecular weight is 941 g/mol. The Bertz CT molecular complexity index is 2300. The number of nitrogens with zero attached hydrogens (tertiary/aromatic N) is 2. The van der Waals surface area contributed by atoms with Gasteiger partial charge in [-0.3, -0.25) is 33.6 Å². The van der Waals surface area contributed by atoms with Crippen molar-refractivity contribution in [3.05, 3.63) is 69.8 Å². The highest BCUT2D eigenvalue weighted by Gasteiger charge is 2.54. The van der Waals surface area contributed by atoms with Crippen molar-refractivity contribution in [2.75, 3.05) is 39.7 Å². The van der Waals surface area contributed by atoms with Crippen molar-refractivity contribution in [2.45, 2.75) is 118 Å². The number of carbonyl (C=O) groups excluding carboxylic acids is 4. The van der Waals surface area contributed by atoms with E-state index in [0.717, 1.165) is 0 Å². The number of aliphatic imine (C=N–C) groups is 1. The molecule has 0 saturated carbocycles. The van der Waals surface area contributed by atoms with E-state index >= 15 is 0 Å². The summed E-state index contributed by atoms with van der Waals surface area (Å²) in [7, 11) is -1.98. The van der Waals surface area contributed by atoms with Gasteiger partial charge in [-0.15, -0.1) is 0 Å². The lowest BCUT2D eigenvalue weighted by Gasteiger charge is -2.38. The maximum absolute atomic E-state index is 14.8. The van der Waals surface area contributed by atoms with Crippen LogP contribution in [-0.2, 0) is 37.4 Å². The second-order valence-corrected chi connectivity index (χ2v) is 20.1. The number of piperidine rings is 1. The van der Waals surface area contributed by atoms with Gasteiger partial charge in [0.15, 0.2) is 0 Å². The molecular weight excluding hydrogens is 876 g/mol. The van der Waals surface area contributed by atoms with Gasteiger partial charge in [0.05, 0.1) is 60.3 Å². The number of amides is 1. The molecule has 19 heteroatoms. The minimum Gasteiger partial charge on any atom is -0.507 e. The molecule has 1 aromatic carbocycles. The Labute approximate surface area is 386 Å². The van der Waals surface area contributed by atoms with E-state index in [1.54, 1.807) is 60.6 Å². The molecule has 6 aliphatic rings. The molecule has 362 valence electrons. The minimum atomic E-state index is -3.42. The average Bonchev–Trinajstić information content (AvgIpc) is 3.77. The normalized spacial score (nSPS) is 32.3. The summed E-state index contributed by atoms with van der Waals surface area (Å²) in [5.41, 5.74) is -0.957. The van der Waals surface area contributed by atoms with Gasteiger partial charge in [0.25, 0.3) is 11.7 Å². The number of hydrogen-bond acceptors (Lipinski definition) is 17. The standard InChI is InChI=1S/C47H65N4O14P/c1-12-62-66(59,63-13-2)23-51-20-18-47(19-21-51)49-35-32-33-40(55)29(8)43-34(32)44(57)46(10,65-43)61-22-17-31(60-11)26(5)42(64-30(9)52)28(7)39(54)27(6)38(53)24(3)15-14-16-25(4)45(58)48-37(41(33)56)36(35)50-47/h14-17,22,24,26-28,31,38-39,42,50,53-55H,12-13,18-21,23H2,1-11H3,(H,48,58)/b15-14+,22-17+,25-16-/t24-,26+,27+,28+,31-,38-,39+,42+,46-/m0/s1. The zero-order valence-corrected chi connectivity index (χ0v) is 40.5. The third-order valence-electron chi connectivity index (χ3n) is 13.4. The van der Waals surface area contributed by atoms with E-state index in [0.29, 0.717) is 25.9 Å². The number of allylic oxidation sites excluding steroid dienone is 4. The molecule has 18 nitrogen and oxygen atoms in total. The summed E-state index contributed by atoms with van der Waals surface area (Å²) in [5, 5.41) is 41.1. The van der Waals surface area contributed by atoms with Crippen molar-refractivity contribution in [2.24, 2.45) is 28.7 Å². The number of rotatable bonds is 8. The fourth-order valence-electron chi connectivity index (χ4n) is 9.47. The Morgan fingerprint density at radius 3 is 2.21 bits per heavy atom. The number of ether oxygens (including phenoxy) is 4. The fraction of sp³-hybridized carbons (Fsp3) is 0.596. The van der Waals surface area contributed by atoms with Crippen LogP contribution >= 0.6 is 7.60 Å². The van der Waals surface area contributed by atoms with Gasteiger partial charge in [0.2, 0.25) is 5.78 Å². The van der Waals surface area contributed by atoms with Crippen LogP contribution in [0.1, 0.15) is 107 Å². The van der Waals surface area contributed by atoms with Crippen LogP contribution in [0.25, 0.3) is 0 Å². The Morgan fingerprint density at radius 1 is 0.955 bits per heavy atom. The summed E-state index contributed by atoms with van der Waals surface area (Å²) < 4.78 is 48.5. The number of aliphatic hydroxyl groups is 2. The highest BCUT2D eigenvalue weighted by molar-refractivity contribution is 7.53. The van der Waals surface area contributed by atoms with Crippen molar-refractivity contribution in [3.63, 3.8) is 0 Å². The molecule has 5 bridgehead atoms. The van der Waals surface area contributed by atoms with Gasteiger partial charge in [0.1, 0.15) is 35.2 Å². The van der Waals surface area contributed by atoms with E-state index in [2.05, 4.69) is 10.6 Å². The van der Waals surface area contributed by atoms with E-state index in [1.807, 2.05) is 4.90 Å². The number of carbonyl (C=O) groups is 4. The lowest BCUT2D eigenvalue weighted by Crippen LogP contribution is -2.50. The number of likely N-dealkylation sites (tertiary alicyclic amines) is 1. The number of methoxy groups -OCH3 is 1. The summed E-state index contributed by atoms with van der Waals surface area (Å²) in [6.07, 6.45) is 4.40. The maximum atomic E-state index is 14.8. The van der Waals surface area contributed by atoms with Crippen molar-refractivity contribution in [3.8, 4) is 11.5 Å². The van der Waals surface area contributed by atoms with E-state index in [-0.39, 0.29) is 70.2 Å². The van der Waals surface area contributed by atoms with E-state index in [9.17, 15) is 39.1 Å². The van der Waals surface area contributed by atoms with Crippen LogP contribution in [0.3, 0.4) is 0 Å². The second-order valence-electron chi connectivity index (χ2n) is 18.0. The summed E-state index contributed by atoms with van der Waals surface area (Å²) >= 11 is 0. The molecule has 5 heterocycles. The van der Waals surface area contributed by atoms with Gasteiger partial charge in [-0.25, -0.2) is 0 Å². The van der Waals surface area contributed by atoms with Crippen molar-refractivity contribution in [1.82, 2.24) is 15.5 Å². The Hall–Kier alpha value is -4.68. The molecule has 1 fully saturated rings. The molecule has 0 aromatic heterocycles.